The molecule has 4 nitrogen and oxygen atoms in total. The van der Waals surface area contributed by atoms with Crippen molar-refractivity contribution in [2.75, 3.05) is 18.6 Å². The van der Waals surface area contributed by atoms with Crippen LogP contribution in [0, 0.1) is 11.8 Å². The highest BCUT2D eigenvalue weighted by Gasteiger charge is 2.18. The molecule has 0 spiro atoms. The smallest absolute Gasteiger partial charge is 0.315 e. The third-order valence-corrected chi connectivity index (χ3v) is 4.71. The van der Waals surface area contributed by atoms with Crippen LogP contribution in [0.25, 0.3) is 0 Å². The van der Waals surface area contributed by atoms with E-state index in [4.69, 9.17) is 0 Å². The molecule has 2 N–H and O–H groups in total. The molecule has 0 radical (unpaired) electrons. The Morgan fingerprint density at radius 1 is 1.42 bits per heavy atom. The molecule has 1 fully saturated rings. The molecular formula is C14H28N2O2S. The second-order valence-electron chi connectivity index (χ2n) is 5.97. The Balaban J connectivity index is 2.11. The molecule has 1 rings (SSSR count). The van der Waals surface area contributed by atoms with E-state index in [1.54, 1.807) is 6.26 Å². The van der Waals surface area contributed by atoms with Crippen LogP contribution in [0.2, 0.25) is 0 Å². The fourth-order valence-corrected chi connectivity index (χ4v) is 3.67. The zero-order valence-electron chi connectivity index (χ0n) is 12.4. The van der Waals surface area contributed by atoms with Crippen molar-refractivity contribution < 1.29 is 9.00 Å². The molecule has 0 aromatic heterocycles. The van der Waals surface area contributed by atoms with Crippen LogP contribution in [0.15, 0.2) is 0 Å². The summed E-state index contributed by atoms with van der Waals surface area (Å²) >= 11 is 0. The number of hydrogen-bond donors (Lipinski definition) is 2. The van der Waals surface area contributed by atoms with Crippen molar-refractivity contribution in [1.82, 2.24) is 10.6 Å². The molecule has 0 saturated heterocycles. The van der Waals surface area contributed by atoms with Crippen LogP contribution in [-0.2, 0) is 10.8 Å². The van der Waals surface area contributed by atoms with Gasteiger partial charge in [-0.1, -0.05) is 26.2 Å². The van der Waals surface area contributed by atoms with Gasteiger partial charge in [-0.25, -0.2) is 4.79 Å². The van der Waals surface area contributed by atoms with Gasteiger partial charge in [0.1, 0.15) is 0 Å². The zero-order chi connectivity index (χ0) is 14.3. The largest absolute Gasteiger partial charge is 0.338 e. The fourth-order valence-electron chi connectivity index (χ4n) is 2.88. The third-order valence-electron chi connectivity index (χ3n) is 3.75. The lowest BCUT2D eigenvalue weighted by Crippen LogP contribution is -2.43. The molecule has 0 bridgehead atoms. The minimum atomic E-state index is -0.868. The monoisotopic (exact) mass is 288 g/mol. The molecule has 112 valence electrons. The average molecular weight is 288 g/mol. The van der Waals surface area contributed by atoms with Gasteiger partial charge in [-0.15, -0.1) is 0 Å². The van der Waals surface area contributed by atoms with Gasteiger partial charge in [0.15, 0.2) is 0 Å². The van der Waals surface area contributed by atoms with Crippen LogP contribution < -0.4 is 10.6 Å². The summed E-state index contributed by atoms with van der Waals surface area (Å²) in [7, 11) is -0.868. The maximum absolute atomic E-state index is 11.6. The summed E-state index contributed by atoms with van der Waals surface area (Å²) in [6, 6.07) is -0.178. The molecule has 1 saturated carbocycles. The molecule has 1 aliphatic rings. The Bertz CT molecular complexity index is 310. The van der Waals surface area contributed by atoms with Crippen molar-refractivity contribution in [1.29, 1.82) is 0 Å². The van der Waals surface area contributed by atoms with E-state index in [9.17, 15) is 9.00 Å². The summed E-state index contributed by atoms with van der Waals surface area (Å²) < 4.78 is 11.0. The van der Waals surface area contributed by atoms with E-state index < -0.39 is 10.8 Å². The summed E-state index contributed by atoms with van der Waals surface area (Å²) in [5, 5.41) is 5.71. The number of nitrogens with one attached hydrogen (secondary N) is 2. The lowest BCUT2D eigenvalue weighted by Gasteiger charge is -2.26. The maximum Gasteiger partial charge on any atom is 0.315 e. The Morgan fingerprint density at radius 3 is 2.79 bits per heavy atom. The SMILES string of the molecule is C[C@@H]1CCC[C@H](CCNC(=O)N[C@H](C)C[S@](C)=O)C1. The zero-order valence-corrected chi connectivity index (χ0v) is 13.2. The Kier molecular flexibility index (Phi) is 7.42. The van der Waals surface area contributed by atoms with Gasteiger partial charge < -0.3 is 10.6 Å². The average Bonchev–Trinajstić information content (AvgIpc) is 2.27. The second kappa shape index (κ2) is 8.56. The van der Waals surface area contributed by atoms with Crippen LogP contribution >= 0.6 is 0 Å². The van der Waals surface area contributed by atoms with E-state index in [1.165, 1.54) is 25.7 Å². The first-order valence-electron chi connectivity index (χ1n) is 7.31. The van der Waals surface area contributed by atoms with Crippen molar-refractivity contribution in [2.45, 2.75) is 52.0 Å². The summed E-state index contributed by atoms with van der Waals surface area (Å²) in [5.74, 6) is 2.12. The normalized spacial score (nSPS) is 26.5. The van der Waals surface area contributed by atoms with Crippen molar-refractivity contribution >= 4 is 16.8 Å². The van der Waals surface area contributed by atoms with E-state index in [1.807, 2.05) is 6.92 Å². The minimum absolute atomic E-state index is 0.0412. The first-order valence-corrected chi connectivity index (χ1v) is 9.04. The topological polar surface area (TPSA) is 58.2 Å². The highest BCUT2D eigenvalue weighted by atomic mass is 32.2. The van der Waals surface area contributed by atoms with Crippen molar-refractivity contribution in [3.05, 3.63) is 0 Å². The highest BCUT2D eigenvalue weighted by Crippen LogP contribution is 2.30. The highest BCUT2D eigenvalue weighted by molar-refractivity contribution is 7.84. The molecule has 5 heteroatoms. The number of rotatable bonds is 6. The van der Waals surface area contributed by atoms with Gasteiger partial charge in [-0.05, 0) is 31.6 Å². The molecule has 4 atom stereocenters. The lowest BCUT2D eigenvalue weighted by molar-refractivity contribution is 0.234. The maximum atomic E-state index is 11.6. The summed E-state index contributed by atoms with van der Waals surface area (Å²) in [6.07, 6.45) is 8.02. The molecule has 0 aromatic carbocycles. The van der Waals surface area contributed by atoms with E-state index in [0.717, 1.165) is 24.8 Å². The summed E-state index contributed by atoms with van der Waals surface area (Å²) in [4.78, 5) is 11.6. The summed E-state index contributed by atoms with van der Waals surface area (Å²) in [5.41, 5.74) is 0. The fraction of sp³-hybridized carbons (Fsp3) is 0.929. The van der Waals surface area contributed by atoms with Gasteiger partial charge in [0.05, 0.1) is 0 Å². The van der Waals surface area contributed by atoms with Crippen LogP contribution in [0.4, 0.5) is 4.79 Å². The Hall–Kier alpha value is -0.580. The number of carbonyl (C=O) groups is 1. The van der Waals surface area contributed by atoms with Crippen molar-refractivity contribution in [2.24, 2.45) is 11.8 Å². The van der Waals surface area contributed by atoms with Crippen LogP contribution in [0.3, 0.4) is 0 Å². The molecular weight excluding hydrogens is 260 g/mol. The Labute approximate surface area is 119 Å². The second-order valence-corrected chi connectivity index (χ2v) is 7.45. The molecule has 1 aliphatic carbocycles. The van der Waals surface area contributed by atoms with Crippen LogP contribution in [0.1, 0.15) is 46.0 Å². The number of urea groups is 1. The third kappa shape index (κ3) is 7.55. The molecule has 0 unspecified atom stereocenters. The lowest BCUT2D eigenvalue weighted by atomic mass is 9.81. The summed E-state index contributed by atoms with van der Waals surface area (Å²) in [6.45, 7) is 4.94. The van der Waals surface area contributed by atoms with E-state index in [0.29, 0.717) is 5.75 Å². The van der Waals surface area contributed by atoms with E-state index in [-0.39, 0.29) is 12.1 Å². The van der Waals surface area contributed by atoms with Crippen LogP contribution in [-0.4, -0.2) is 34.8 Å². The first kappa shape index (κ1) is 16.5. The number of amides is 2. The number of carbonyl (C=O) groups excluding carboxylic acids is 1. The van der Waals surface area contributed by atoms with Gasteiger partial charge in [0, 0.05) is 35.4 Å². The molecule has 0 aliphatic heterocycles. The first-order chi connectivity index (χ1) is 8.97. The predicted molar refractivity (Wildman–Crippen MR) is 80.7 cm³/mol. The van der Waals surface area contributed by atoms with Crippen molar-refractivity contribution in [3.63, 3.8) is 0 Å². The standard InChI is InChI=1S/C14H28N2O2S/c1-11-5-4-6-13(9-11)7-8-15-14(17)16-12(2)10-19(3)18/h11-13H,4-10H2,1-3H3,(H2,15,16,17)/t11-,12-,13-,19+/m1/s1. The van der Waals surface area contributed by atoms with E-state index in [2.05, 4.69) is 17.6 Å². The quantitative estimate of drug-likeness (QED) is 0.787. The molecule has 0 heterocycles. The van der Waals surface area contributed by atoms with Crippen LogP contribution in [0.5, 0.6) is 0 Å². The Morgan fingerprint density at radius 2 is 2.16 bits per heavy atom. The predicted octanol–water partition coefficient (Wildman–Crippen LogP) is 2.27. The van der Waals surface area contributed by atoms with Gasteiger partial charge >= 0.3 is 6.03 Å². The number of hydrogen-bond acceptors (Lipinski definition) is 2. The van der Waals surface area contributed by atoms with Gasteiger partial charge in [0.2, 0.25) is 0 Å². The minimum Gasteiger partial charge on any atom is -0.338 e. The van der Waals surface area contributed by atoms with Gasteiger partial charge in [0.25, 0.3) is 0 Å². The van der Waals surface area contributed by atoms with Gasteiger partial charge in [-0.3, -0.25) is 4.21 Å². The molecule has 0 aromatic rings. The molecule has 19 heavy (non-hydrogen) atoms. The van der Waals surface area contributed by atoms with E-state index >= 15 is 0 Å². The van der Waals surface area contributed by atoms with Gasteiger partial charge in [-0.2, -0.15) is 0 Å². The molecule has 2 amide bonds. The van der Waals surface area contributed by atoms with Crippen molar-refractivity contribution in [3.8, 4) is 0 Å².